The molecule has 0 aliphatic heterocycles. The fourth-order valence-corrected chi connectivity index (χ4v) is 3.33. The molecule has 1 aromatic carbocycles. The molecule has 128 valence electrons. The first-order valence-electron chi connectivity index (χ1n) is 8.06. The summed E-state index contributed by atoms with van der Waals surface area (Å²) >= 11 is 1.70. The average Bonchev–Trinajstić information content (AvgIpc) is 2.93. The summed E-state index contributed by atoms with van der Waals surface area (Å²) in [6.45, 7) is 6.71. The van der Waals surface area contributed by atoms with Gasteiger partial charge in [0.15, 0.2) is 0 Å². The van der Waals surface area contributed by atoms with Crippen LogP contribution in [0.2, 0.25) is 0 Å². The quantitative estimate of drug-likeness (QED) is 0.810. The molecule has 0 saturated carbocycles. The first-order valence-corrected chi connectivity index (χ1v) is 8.88. The number of nitrogens with zero attached hydrogens (tertiary/aromatic N) is 1. The Kier molecular flexibility index (Phi) is 6.49. The number of carbonyl (C=O) groups is 2. The van der Waals surface area contributed by atoms with Gasteiger partial charge in [0.25, 0.3) is 5.91 Å². The van der Waals surface area contributed by atoms with Crippen LogP contribution in [0.25, 0.3) is 0 Å². The monoisotopic (exact) mass is 345 g/mol. The molecule has 0 atom stereocenters. The zero-order valence-electron chi connectivity index (χ0n) is 14.3. The van der Waals surface area contributed by atoms with Gasteiger partial charge in [0, 0.05) is 36.9 Å². The summed E-state index contributed by atoms with van der Waals surface area (Å²) < 4.78 is 0. The van der Waals surface area contributed by atoms with E-state index in [-0.39, 0.29) is 11.8 Å². The van der Waals surface area contributed by atoms with Gasteiger partial charge in [-0.1, -0.05) is 19.1 Å². The van der Waals surface area contributed by atoms with Gasteiger partial charge < -0.3 is 10.6 Å². The van der Waals surface area contributed by atoms with Crippen molar-refractivity contribution in [1.82, 2.24) is 15.6 Å². The zero-order valence-corrected chi connectivity index (χ0v) is 15.1. The second kappa shape index (κ2) is 8.59. The number of carbonyl (C=O) groups excluding carboxylic acids is 2. The van der Waals surface area contributed by atoms with Crippen LogP contribution in [0.5, 0.6) is 0 Å². The topological polar surface area (TPSA) is 71.1 Å². The Labute approximate surface area is 146 Å². The Balaban J connectivity index is 1.82. The molecular formula is C18H23N3O2S. The lowest BCUT2D eigenvalue weighted by Crippen LogP contribution is -2.25. The van der Waals surface area contributed by atoms with Gasteiger partial charge in [0.1, 0.15) is 0 Å². The van der Waals surface area contributed by atoms with E-state index in [4.69, 9.17) is 0 Å². The molecule has 0 radical (unpaired) electrons. The Hall–Kier alpha value is -2.21. The summed E-state index contributed by atoms with van der Waals surface area (Å²) in [6.07, 6.45) is 1.69. The molecule has 2 amide bonds. The van der Waals surface area contributed by atoms with Crippen LogP contribution in [-0.2, 0) is 24.2 Å². The van der Waals surface area contributed by atoms with Gasteiger partial charge in [-0.3, -0.25) is 9.59 Å². The molecule has 0 unspecified atom stereocenters. The number of hydrogen-bond acceptors (Lipinski definition) is 4. The fraction of sp³-hybridized carbons (Fsp3) is 0.389. The van der Waals surface area contributed by atoms with E-state index < -0.39 is 0 Å². The Morgan fingerprint density at radius 2 is 1.88 bits per heavy atom. The third-order valence-electron chi connectivity index (χ3n) is 3.65. The number of aromatic nitrogens is 1. The molecule has 0 aliphatic rings. The standard InChI is InChI=1S/C18H23N3O2S/c1-4-16-12(2)24-17(21-16)9-10-19-18(23)15-7-5-14(6-8-15)11-20-13(3)22/h5-8H,4,9-11H2,1-3H3,(H,19,23)(H,20,22). The lowest BCUT2D eigenvalue weighted by Gasteiger charge is -2.06. The van der Waals surface area contributed by atoms with E-state index in [1.807, 2.05) is 12.1 Å². The number of nitrogens with one attached hydrogen (secondary N) is 2. The fourth-order valence-electron chi connectivity index (χ4n) is 2.31. The van der Waals surface area contributed by atoms with Gasteiger partial charge in [-0.25, -0.2) is 4.98 Å². The molecule has 0 fully saturated rings. The van der Waals surface area contributed by atoms with Gasteiger partial charge >= 0.3 is 0 Å². The largest absolute Gasteiger partial charge is 0.352 e. The maximum atomic E-state index is 12.1. The molecule has 2 N–H and O–H groups in total. The van der Waals surface area contributed by atoms with Gasteiger partial charge in [-0.15, -0.1) is 11.3 Å². The highest BCUT2D eigenvalue weighted by Gasteiger charge is 2.08. The van der Waals surface area contributed by atoms with E-state index in [0.717, 1.165) is 29.1 Å². The summed E-state index contributed by atoms with van der Waals surface area (Å²) in [5.41, 5.74) is 2.73. The van der Waals surface area contributed by atoms with Gasteiger partial charge in [0.05, 0.1) is 10.7 Å². The SMILES string of the molecule is CCc1nc(CCNC(=O)c2ccc(CNC(C)=O)cc2)sc1C. The minimum absolute atomic E-state index is 0.0690. The molecular weight excluding hydrogens is 322 g/mol. The van der Waals surface area contributed by atoms with Crippen molar-refractivity contribution in [3.63, 3.8) is 0 Å². The number of rotatable bonds is 7. The minimum atomic E-state index is -0.0925. The van der Waals surface area contributed by atoms with Crippen LogP contribution >= 0.6 is 11.3 Å². The average molecular weight is 345 g/mol. The van der Waals surface area contributed by atoms with Crippen molar-refractivity contribution in [3.05, 3.63) is 51.0 Å². The minimum Gasteiger partial charge on any atom is -0.352 e. The summed E-state index contributed by atoms with van der Waals surface area (Å²) in [7, 11) is 0. The second-order valence-electron chi connectivity index (χ2n) is 5.58. The Morgan fingerprint density at radius 1 is 1.17 bits per heavy atom. The summed E-state index contributed by atoms with van der Waals surface area (Å²) in [6, 6.07) is 7.25. The van der Waals surface area contributed by atoms with E-state index in [1.54, 1.807) is 23.5 Å². The molecule has 1 aromatic heterocycles. The van der Waals surface area contributed by atoms with E-state index >= 15 is 0 Å². The highest BCUT2D eigenvalue weighted by Crippen LogP contribution is 2.18. The van der Waals surface area contributed by atoms with Crippen LogP contribution in [0.3, 0.4) is 0 Å². The molecule has 0 spiro atoms. The molecule has 0 saturated heterocycles. The predicted molar refractivity (Wildman–Crippen MR) is 96.2 cm³/mol. The van der Waals surface area contributed by atoms with Crippen LogP contribution in [0.15, 0.2) is 24.3 Å². The molecule has 0 aliphatic carbocycles. The molecule has 2 aromatic rings. The van der Waals surface area contributed by atoms with Crippen LogP contribution in [0, 0.1) is 6.92 Å². The van der Waals surface area contributed by atoms with Gasteiger partial charge in [-0.2, -0.15) is 0 Å². The third kappa shape index (κ3) is 5.16. The molecule has 0 bridgehead atoms. The van der Waals surface area contributed by atoms with Gasteiger partial charge in [-0.05, 0) is 31.0 Å². The molecule has 5 nitrogen and oxygen atoms in total. The van der Waals surface area contributed by atoms with E-state index in [0.29, 0.717) is 18.7 Å². The van der Waals surface area contributed by atoms with Crippen molar-refractivity contribution in [2.24, 2.45) is 0 Å². The van der Waals surface area contributed by atoms with Gasteiger partial charge in [0.2, 0.25) is 5.91 Å². The van der Waals surface area contributed by atoms with Crippen molar-refractivity contribution < 1.29 is 9.59 Å². The highest BCUT2D eigenvalue weighted by atomic mass is 32.1. The number of aryl methyl sites for hydroxylation is 2. The number of hydrogen-bond donors (Lipinski definition) is 2. The maximum Gasteiger partial charge on any atom is 0.251 e. The van der Waals surface area contributed by atoms with E-state index in [9.17, 15) is 9.59 Å². The lowest BCUT2D eigenvalue weighted by molar-refractivity contribution is -0.119. The number of thiazole rings is 1. The number of benzene rings is 1. The molecule has 2 rings (SSSR count). The zero-order chi connectivity index (χ0) is 17.5. The third-order valence-corrected chi connectivity index (χ3v) is 4.73. The van der Waals surface area contributed by atoms with Crippen molar-refractivity contribution >= 4 is 23.2 Å². The first-order chi connectivity index (χ1) is 11.5. The van der Waals surface area contributed by atoms with Crippen LogP contribution in [0.1, 0.15) is 45.3 Å². The van der Waals surface area contributed by atoms with E-state index in [2.05, 4.69) is 29.5 Å². The van der Waals surface area contributed by atoms with Crippen LogP contribution in [0.4, 0.5) is 0 Å². The summed E-state index contributed by atoms with van der Waals surface area (Å²) in [5.74, 6) is -0.162. The van der Waals surface area contributed by atoms with E-state index in [1.165, 1.54) is 11.8 Å². The van der Waals surface area contributed by atoms with Crippen molar-refractivity contribution in [1.29, 1.82) is 0 Å². The second-order valence-corrected chi connectivity index (χ2v) is 6.86. The predicted octanol–water partition coefficient (Wildman–Crippen LogP) is 2.62. The lowest BCUT2D eigenvalue weighted by atomic mass is 10.1. The molecule has 24 heavy (non-hydrogen) atoms. The van der Waals surface area contributed by atoms with Crippen molar-refractivity contribution in [2.45, 2.75) is 40.2 Å². The molecule has 1 heterocycles. The summed E-state index contributed by atoms with van der Waals surface area (Å²) in [5, 5.41) is 6.72. The smallest absolute Gasteiger partial charge is 0.251 e. The first kappa shape index (κ1) is 18.1. The number of amides is 2. The van der Waals surface area contributed by atoms with Crippen LogP contribution in [-0.4, -0.2) is 23.3 Å². The normalized spacial score (nSPS) is 10.5. The van der Waals surface area contributed by atoms with Crippen LogP contribution < -0.4 is 10.6 Å². The van der Waals surface area contributed by atoms with Crippen molar-refractivity contribution in [2.75, 3.05) is 6.54 Å². The summed E-state index contributed by atoms with van der Waals surface area (Å²) in [4.78, 5) is 28.9. The maximum absolute atomic E-state index is 12.1. The highest BCUT2D eigenvalue weighted by molar-refractivity contribution is 7.11. The van der Waals surface area contributed by atoms with Crippen molar-refractivity contribution in [3.8, 4) is 0 Å². The molecule has 6 heteroatoms. The Bertz CT molecular complexity index is 708. The Morgan fingerprint density at radius 3 is 2.46 bits per heavy atom.